The van der Waals surface area contributed by atoms with Gasteiger partial charge in [0.15, 0.2) is 6.04 Å². The molecule has 1 saturated carbocycles. The molecule has 0 aromatic heterocycles. The normalized spacial score (nSPS) is 36.9. The molecule has 0 aromatic rings. The molecule has 6 nitrogen and oxygen atoms in total. The van der Waals surface area contributed by atoms with Crippen molar-refractivity contribution in [3.63, 3.8) is 0 Å². The fourth-order valence-corrected chi connectivity index (χ4v) is 3.66. The third-order valence-corrected chi connectivity index (χ3v) is 4.79. The lowest BCUT2D eigenvalue weighted by molar-refractivity contribution is -0.150. The quantitative estimate of drug-likeness (QED) is 0.691. The number of ether oxygens (including phenoxy) is 3. The van der Waals surface area contributed by atoms with E-state index in [1.165, 1.54) is 18.4 Å². The number of carbonyl (C=O) groups is 2. The average molecular weight is 311 g/mol. The Morgan fingerprint density at radius 3 is 2.45 bits per heavy atom. The van der Waals surface area contributed by atoms with Gasteiger partial charge in [0.05, 0.1) is 19.8 Å². The molecule has 5 atom stereocenters. The molecule has 2 heterocycles. The highest BCUT2D eigenvalue weighted by Crippen LogP contribution is 2.49. The van der Waals surface area contributed by atoms with E-state index in [1.807, 2.05) is 20.8 Å². The maximum atomic E-state index is 12.5. The average Bonchev–Trinajstić information content (AvgIpc) is 3.08. The van der Waals surface area contributed by atoms with Crippen LogP contribution >= 0.6 is 0 Å². The molecule has 0 radical (unpaired) electrons. The van der Waals surface area contributed by atoms with Gasteiger partial charge >= 0.3 is 12.1 Å². The maximum absolute atomic E-state index is 12.5. The summed E-state index contributed by atoms with van der Waals surface area (Å²) in [5.41, 5.74) is -0.592. The molecule has 1 amide bonds. The standard InChI is InChI=1S/C16H25NO5/c1-16(2,3)22-15(19)17-7-10-5-9-6-11(9)8-21-13(10)12(17)14(18)20-4/h9-13H,5-8H2,1-4H3/t9-,10-,11-,12?,13?/m0/s1. The monoisotopic (exact) mass is 311 g/mol. The molecule has 3 fully saturated rings. The second-order valence-electron chi connectivity index (χ2n) is 7.65. The minimum Gasteiger partial charge on any atom is -0.467 e. The van der Waals surface area contributed by atoms with Gasteiger partial charge in [0, 0.05) is 12.5 Å². The molecular weight excluding hydrogens is 286 g/mol. The molecule has 2 saturated heterocycles. The van der Waals surface area contributed by atoms with E-state index in [1.54, 1.807) is 0 Å². The van der Waals surface area contributed by atoms with Crippen molar-refractivity contribution in [2.45, 2.75) is 51.4 Å². The van der Waals surface area contributed by atoms with Gasteiger partial charge in [-0.25, -0.2) is 9.59 Å². The van der Waals surface area contributed by atoms with Gasteiger partial charge < -0.3 is 14.2 Å². The van der Waals surface area contributed by atoms with E-state index in [0.29, 0.717) is 25.0 Å². The van der Waals surface area contributed by atoms with Gasteiger partial charge in [0.2, 0.25) is 0 Å². The van der Waals surface area contributed by atoms with E-state index in [4.69, 9.17) is 14.2 Å². The van der Waals surface area contributed by atoms with Crippen LogP contribution in [0.5, 0.6) is 0 Å². The van der Waals surface area contributed by atoms with Crippen molar-refractivity contribution in [1.82, 2.24) is 4.90 Å². The van der Waals surface area contributed by atoms with Crippen LogP contribution in [0, 0.1) is 17.8 Å². The Morgan fingerprint density at radius 2 is 1.82 bits per heavy atom. The molecule has 1 aliphatic carbocycles. The molecule has 124 valence electrons. The van der Waals surface area contributed by atoms with Crippen molar-refractivity contribution in [3.8, 4) is 0 Å². The number of carbonyl (C=O) groups excluding carboxylic acids is 2. The second-order valence-corrected chi connectivity index (χ2v) is 7.65. The van der Waals surface area contributed by atoms with Crippen molar-refractivity contribution in [2.75, 3.05) is 20.3 Å². The van der Waals surface area contributed by atoms with E-state index < -0.39 is 23.7 Å². The summed E-state index contributed by atoms with van der Waals surface area (Å²) < 4.78 is 16.3. The molecular formula is C16H25NO5. The van der Waals surface area contributed by atoms with Crippen LogP contribution in [0.3, 0.4) is 0 Å². The summed E-state index contributed by atoms with van der Waals surface area (Å²) in [7, 11) is 1.34. The summed E-state index contributed by atoms with van der Waals surface area (Å²) in [6, 6.07) is -0.692. The van der Waals surface area contributed by atoms with E-state index >= 15 is 0 Å². The summed E-state index contributed by atoms with van der Waals surface area (Å²) in [6.07, 6.45) is 1.49. The van der Waals surface area contributed by atoms with Crippen LogP contribution in [0.1, 0.15) is 33.6 Å². The van der Waals surface area contributed by atoms with Crippen molar-refractivity contribution < 1.29 is 23.8 Å². The van der Waals surface area contributed by atoms with Gasteiger partial charge in [-0.1, -0.05) is 0 Å². The lowest BCUT2D eigenvalue weighted by Crippen LogP contribution is -2.48. The zero-order valence-corrected chi connectivity index (χ0v) is 13.7. The number of rotatable bonds is 1. The third-order valence-electron chi connectivity index (χ3n) is 4.79. The second kappa shape index (κ2) is 5.41. The number of esters is 1. The predicted molar refractivity (Wildman–Crippen MR) is 78.2 cm³/mol. The Labute approximate surface area is 131 Å². The highest BCUT2D eigenvalue weighted by Gasteiger charge is 2.55. The number of hydrogen-bond acceptors (Lipinski definition) is 5. The molecule has 22 heavy (non-hydrogen) atoms. The van der Waals surface area contributed by atoms with Gasteiger partial charge in [-0.15, -0.1) is 0 Å². The molecule has 0 bridgehead atoms. The Balaban J connectivity index is 1.79. The van der Waals surface area contributed by atoms with Crippen molar-refractivity contribution in [2.24, 2.45) is 17.8 Å². The van der Waals surface area contributed by atoms with E-state index in [-0.39, 0.29) is 12.0 Å². The first-order valence-electron chi connectivity index (χ1n) is 7.99. The number of amides is 1. The number of nitrogens with zero attached hydrogens (tertiary/aromatic N) is 1. The highest BCUT2D eigenvalue weighted by atomic mass is 16.6. The molecule has 3 aliphatic rings. The van der Waals surface area contributed by atoms with Crippen molar-refractivity contribution in [3.05, 3.63) is 0 Å². The number of fused-ring (bicyclic) bond motifs is 2. The SMILES string of the molecule is COC(=O)C1C2OC[C@@H]3C[C@@H]3C[C@H]2CN1C(=O)OC(C)(C)C. The Hall–Kier alpha value is -1.30. The molecule has 6 heteroatoms. The van der Waals surface area contributed by atoms with Crippen LogP contribution < -0.4 is 0 Å². The third kappa shape index (κ3) is 2.93. The van der Waals surface area contributed by atoms with Gasteiger partial charge in [-0.3, -0.25) is 4.90 Å². The zero-order valence-electron chi connectivity index (χ0n) is 13.7. The fourth-order valence-electron chi connectivity index (χ4n) is 3.66. The molecule has 2 aliphatic heterocycles. The number of likely N-dealkylation sites (tertiary alicyclic amines) is 1. The highest BCUT2D eigenvalue weighted by molar-refractivity contribution is 5.83. The number of methoxy groups -OCH3 is 1. The Morgan fingerprint density at radius 1 is 1.14 bits per heavy atom. The summed E-state index contributed by atoms with van der Waals surface area (Å²) in [4.78, 5) is 26.2. The topological polar surface area (TPSA) is 65.1 Å². The van der Waals surface area contributed by atoms with E-state index in [9.17, 15) is 9.59 Å². The lowest BCUT2D eigenvalue weighted by atomic mass is 9.96. The Kier molecular flexibility index (Phi) is 3.83. The van der Waals surface area contributed by atoms with Crippen LogP contribution in [-0.2, 0) is 19.0 Å². The first-order chi connectivity index (χ1) is 10.3. The minimum atomic E-state index is -0.692. The molecule has 3 rings (SSSR count). The van der Waals surface area contributed by atoms with Gasteiger partial charge in [0.25, 0.3) is 0 Å². The molecule has 0 aromatic carbocycles. The van der Waals surface area contributed by atoms with Crippen LogP contribution in [0.2, 0.25) is 0 Å². The van der Waals surface area contributed by atoms with Gasteiger partial charge in [0.1, 0.15) is 5.60 Å². The smallest absolute Gasteiger partial charge is 0.411 e. The first-order valence-corrected chi connectivity index (χ1v) is 7.99. The minimum absolute atomic E-state index is 0.189. The largest absolute Gasteiger partial charge is 0.467 e. The van der Waals surface area contributed by atoms with Crippen molar-refractivity contribution >= 4 is 12.1 Å². The molecule has 2 unspecified atom stereocenters. The summed E-state index contributed by atoms with van der Waals surface area (Å²) in [5.74, 6) is 1.09. The summed E-state index contributed by atoms with van der Waals surface area (Å²) in [5, 5.41) is 0. The van der Waals surface area contributed by atoms with Crippen LogP contribution in [0.15, 0.2) is 0 Å². The maximum Gasteiger partial charge on any atom is 0.411 e. The van der Waals surface area contributed by atoms with Crippen molar-refractivity contribution in [1.29, 1.82) is 0 Å². The van der Waals surface area contributed by atoms with Gasteiger partial charge in [-0.2, -0.15) is 0 Å². The predicted octanol–water partition coefficient (Wildman–Crippen LogP) is 1.82. The lowest BCUT2D eigenvalue weighted by Gasteiger charge is -2.28. The zero-order chi connectivity index (χ0) is 16.1. The fraction of sp³-hybridized carbons (Fsp3) is 0.875. The van der Waals surface area contributed by atoms with Gasteiger partial charge in [-0.05, 0) is 45.4 Å². The number of hydrogen-bond donors (Lipinski definition) is 0. The summed E-state index contributed by atoms with van der Waals surface area (Å²) >= 11 is 0. The first kappa shape index (κ1) is 15.6. The van der Waals surface area contributed by atoms with Crippen LogP contribution in [0.25, 0.3) is 0 Å². The van der Waals surface area contributed by atoms with E-state index in [2.05, 4.69) is 0 Å². The summed E-state index contributed by atoms with van der Waals surface area (Å²) in [6.45, 7) is 6.64. The van der Waals surface area contributed by atoms with E-state index in [0.717, 1.165) is 6.42 Å². The van der Waals surface area contributed by atoms with Crippen LogP contribution in [-0.4, -0.2) is 55.0 Å². The Bertz CT molecular complexity index is 472. The molecule has 0 N–H and O–H groups in total. The van der Waals surface area contributed by atoms with Crippen LogP contribution in [0.4, 0.5) is 4.79 Å². The molecule has 0 spiro atoms.